The predicted octanol–water partition coefficient (Wildman–Crippen LogP) is 4.13. The first kappa shape index (κ1) is 17.1. The van der Waals surface area contributed by atoms with Crippen molar-refractivity contribution >= 4 is 49.5 Å². The molecule has 0 fully saturated rings. The molecule has 0 saturated heterocycles. The third kappa shape index (κ3) is 2.55. The summed E-state index contributed by atoms with van der Waals surface area (Å²) < 4.78 is 27.3. The third-order valence-corrected chi connectivity index (χ3v) is 7.76. The summed E-state index contributed by atoms with van der Waals surface area (Å²) >= 11 is 1.34. The first-order valence-corrected chi connectivity index (χ1v) is 11.1. The van der Waals surface area contributed by atoms with Crippen molar-refractivity contribution < 1.29 is 8.42 Å². The van der Waals surface area contributed by atoms with Gasteiger partial charge in [0.15, 0.2) is 9.84 Å². The van der Waals surface area contributed by atoms with Gasteiger partial charge in [0.2, 0.25) is 0 Å². The first-order valence-electron chi connectivity index (χ1n) is 8.66. The maximum absolute atomic E-state index is 13.7. The molecule has 5 nitrogen and oxygen atoms in total. The summed E-state index contributed by atoms with van der Waals surface area (Å²) in [6.45, 7) is 0. The Bertz CT molecular complexity index is 1290. The zero-order chi connectivity index (χ0) is 19.3. The Kier molecular flexibility index (Phi) is 3.82. The highest BCUT2D eigenvalue weighted by atomic mass is 32.2. The monoisotopic (exact) mass is 405 g/mol. The fourth-order valence-corrected chi connectivity index (χ4v) is 6.22. The molecule has 2 heterocycles. The molecule has 138 valence electrons. The fourth-order valence-electron chi connectivity index (χ4n) is 3.57. The quantitative estimate of drug-likeness (QED) is 0.710. The van der Waals surface area contributed by atoms with E-state index in [4.69, 9.17) is 10.7 Å². The zero-order valence-electron chi connectivity index (χ0n) is 14.6. The number of aromatic nitrogens is 1. The molecular weight excluding hydrogens is 390 g/mol. The molecule has 1 unspecified atom stereocenters. The van der Waals surface area contributed by atoms with E-state index in [1.54, 1.807) is 35.7 Å². The van der Waals surface area contributed by atoms with Crippen LogP contribution in [-0.2, 0) is 9.84 Å². The number of hydrogen-bond donors (Lipinski definition) is 1. The number of aliphatic imine (C=N–C) groups is 1. The van der Waals surface area contributed by atoms with Crippen LogP contribution in [0, 0.1) is 0 Å². The standard InChI is InChI=1S/C21H15N3O2S2/c22-18-12-27-21(24-18)16-11-10-15-14-8-4-5-9-17(14)23-19(15)20(16)28(25,26)13-6-2-1-3-7-13/h1-12,20H,22H2. The fraction of sp³-hybridized carbons (Fsp3) is 0.0476. The molecule has 0 spiro atoms. The van der Waals surface area contributed by atoms with Crippen LogP contribution < -0.4 is 5.73 Å². The van der Waals surface area contributed by atoms with Crippen LogP contribution in [0.5, 0.6) is 0 Å². The lowest BCUT2D eigenvalue weighted by atomic mass is 9.93. The maximum Gasteiger partial charge on any atom is 0.191 e. The molecular formula is C21H15N3O2S2. The van der Waals surface area contributed by atoms with Gasteiger partial charge in [-0.1, -0.05) is 48.6 Å². The molecule has 7 heteroatoms. The lowest BCUT2D eigenvalue weighted by molar-refractivity contribution is 0.596. The molecule has 1 aliphatic carbocycles. The average Bonchev–Trinajstić information content (AvgIpc) is 3.31. The van der Waals surface area contributed by atoms with E-state index in [1.165, 1.54) is 11.3 Å². The summed E-state index contributed by atoms with van der Waals surface area (Å²) in [5, 5.41) is 1.37. The molecule has 1 atom stereocenters. The molecule has 1 aromatic heterocycles. The molecule has 0 amide bonds. The summed E-state index contributed by atoms with van der Waals surface area (Å²) in [5.41, 5.74) is 9.51. The van der Waals surface area contributed by atoms with Crippen molar-refractivity contribution in [2.24, 2.45) is 4.99 Å². The second-order valence-corrected chi connectivity index (χ2v) is 9.42. The van der Waals surface area contributed by atoms with E-state index in [-0.39, 0.29) is 4.90 Å². The van der Waals surface area contributed by atoms with Gasteiger partial charge in [0.1, 0.15) is 16.1 Å². The van der Waals surface area contributed by atoms with Gasteiger partial charge in [0, 0.05) is 22.1 Å². The molecule has 2 aliphatic rings. The minimum absolute atomic E-state index is 0.260. The van der Waals surface area contributed by atoms with Crippen LogP contribution in [0.2, 0.25) is 0 Å². The maximum atomic E-state index is 13.7. The summed E-state index contributed by atoms with van der Waals surface area (Å²) in [4.78, 5) is 9.30. The number of nitrogen functional groups attached to an aromatic ring is 1. The van der Waals surface area contributed by atoms with E-state index in [0.717, 1.165) is 16.8 Å². The van der Waals surface area contributed by atoms with E-state index in [2.05, 4.69) is 4.98 Å². The Hall–Kier alpha value is -3.03. The first-order chi connectivity index (χ1) is 13.6. The number of nitrogens with zero attached hydrogens (tertiary/aromatic N) is 2. The van der Waals surface area contributed by atoms with Crippen molar-refractivity contribution in [2.45, 2.75) is 10.1 Å². The van der Waals surface area contributed by atoms with Crippen LogP contribution in [0.3, 0.4) is 0 Å². The number of thiazole rings is 1. The van der Waals surface area contributed by atoms with Gasteiger partial charge in [-0.25, -0.2) is 13.4 Å². The van der Waals surface area contributed by atoms with Crippen molar-refractivity contribution in [3.63, 3.8) is 0 Å². The molecule has 0 bridgehead atoms. The minimum atomic E-state index is -3.74. The number of nitrogens with two attached hydrogens (primary N) is 1. The minimum Gasteiger partial charge on any atom is -0.383 e. The van der Waals surface area contributed by atoms with Crippen molar-refractivity contribution in [1.82, 2.24) is 4.98 Å². The number of allylic oxidation sites excluding steroid dienone is 3. The second-order valence-electron chi connectivity index (χ2n) is 6.53. The molecule has 3 aromatic rings. The summed E-state index contributed by atoms with van der Waals surface area (Å²) in [5.74, 6) is 0.378. The number of fused-ring (bicyclic) bond motifs is 3. The highest BCUT2D eigenvalue weighted by Gasteiger charge is 2.42. The molecule has 2 aromatic carbocycles. The van der Waals surface area contributed by atoms with Crippen molar-refractivity contribution in [1.29, 1.82) is 0 Å². The highest BCUT2D eigenvalue weighted by Crippen LogP contribution is 2.44. The van der Waals surface area contributed by atoms with E-state index >= 15 is 0 Å². The summed E-state index contributed by atoms with van der Waals surface area (Å²) in [7, 11) is -3.74. The van der Waals surface area contributed by atoms with Crippen LogP contribution in [-0.4, -0.2) is 24.4 Å². The Labute approximate surface area is 166 Å². The Morgan fingerprint density at radius 1 is 0.964 bits per heavy atom. The van der Waals surface area contributed by atoms with Gasteiger partial charge in [-0.3, -0.25) is 4.99 Å². The largest absolute Gasteiger partial charge is 0.383 e. The zero-order valence-corrected chi connectivity index (χ0v) is 16.2. The Morgan fingerprint density at radius 2 is 1.71 bits per heavy atom. The lowest BCUT2D eigenvalue weighted by Crippen LogP contribution is -2.33. The lowest BCUT2D eigenvalue weighted by Gasteiger charge is -2.24. The topological polar surface area (TPSA) is 85.4 Å². The van der Waals surface area contributed by atoms with Gasteiger partial charge in [-0.2, -0.15) is 0 Å². The highest BCUT2D eigenvalue weighted by molar-refractivity contribution is 7.93. The third-order valence-electron chi connectivity index (χ3n) is 4.82. The molecule has 1 aliphatic heterocycles. The van der Waals surface area contributed by atoms with Gasteiger partial charge in [0.25, 0.3) is 0 Å². The number of para-hydroxylation sites is 1. The Balaban J connectivity index is 1.74. The molecule has 2 N–H and O–H groups in total. The number of sulfone groups is 1. The molecule has 28 heavy (non-hydrogen) atoms. The van der Waals surface area contributed by atoms with Crippen LogP contribution in [0.15, 0.2) is 82.0 Å². The van der Waals surface area contributed by atoms with Crippen LogP contribution in [0.1, 0.15) is 10.6 Å². The number of benzene rings is 2. The number of hydrogen-bond acceptors (Lipinski definition) is 6. The smallest absolute Gasteiger partial charge is 0.191 e. The summed E-state index contributed by atoms with van der Waals surface area (Å²) in [6.07, 6.45) is 3.76. The second kappa shape index (κ2) is 6.25. The Morgan fingerprint density at radius 3 is 2.46 bits per heavy atom. The van der Waals surface area contributed by atoms with E-state index in [9.17, 15) is 8.42 Å². The summed E-state index contributed by atoms with van der Waals surface area (Å²) in [6, 6.07) is 16.2. The van der Waals surface area contributed by atoms with Gasteiger partial charge >= 0.3 is 0 Å². The normalized spacial score (nSPS) is 18.0. The number of anilines is 1. The van der Waals surface area contributed by atoms with Gasteiger partial charge in [-0.15, -0.1) is 11.3 Å². The number of rotatable bonds is 3. The predicted molar refractivity (Wildman–Crippen MR) is 113 cm³/mol. The van der Waals surface area contributed by atoms with Gasteiger partial charge < -0.3 is 5.73 Å². The molecule has 0 saturated carbocycles. The van der Waals surface area contributed by atoms with Gasteiger partial charge in [-0.05, 0) is 18.2 Å². The van der Waals surface area contributed by atoms with Crippen molar-refractivity contribution in [3.8, 4) is 0 Å². The van der Waals surface area contributed by atoms with E-state index < -0.39 is 15.1 Å². The van der Waals surface area contributed by atoms with Crippen LogP contribution in [0.25, 0.3) is 11.1 Å². The molecule has 0 radical (unpaired) electrons. The van der Waals surface area contributed by atoms with E-state index in [0.29, 0.717) is 22.1 Å². The van der Waals surface area contributed by atoms with Crippen molar-refractivity contribution in [2.75, 3.05) is 5.73 Å². The SMILES string of the molecule is Nc1csc(C2=CC=C3C(=Nc4ccccc43)C2S(=O)(=O)c2ccccc2)n1. The molecule has 5 rings (SSSR count). The van der Waals surface area contributed by atoms with Crippen LogP contribution >= 0.6 is 11.3 Å². The van der Waals surface area contributed by atoms with E-state index in [1.807, 2.05) is 36.4 Å². The van der Waals surface area contributed by atoms with Gasteiger partial charge in [0.05, 0.1) is 16.3 Å². The van der Waals surface area contributed by atoms with Crippen LogP contribution in [0.4, 0.5) is 11.5 Å². The van der Waals surface area contributed by atoms with Crippen molar-refractivity contribution in [3.05, 3.63) is 82.7 Å². The average molecular weight is 406 g/mol.